The zero-order valence-electron chi connectivity index (χ0n) is 24.4. The molecule has 37 heavy (non-hydrogen) atoms. The lowest BCUT2D eigenvalue weighted by Gasteiger charge is -2.45. The molecule has 3 rings (SSSR count). The van der Waals surface area contributed by atoms with Gasteiger partial charge in [0.1, 0.15) is 7.85 Å². The number of allylic oxidation sites excluding steroid dienone is 1. The Morgan fingerprint density at radius 3 is 2.41 bits per heavy atom. The van der Waals surface area contributed by atoms with Crippen LogP contribution in [0.3, 0.4) is 0 Å². The molecule has 7 heteroatoms. The van der Waals surface area contributed by atoms with Crippen LogP contribution >= 0.6 is 0 Å². The molecule has 1 unspecified atom stereocenters. The second-order valence-electron chi connectivity index (χ2n) is 10.6. The summed E-state index contributed by atoms with van der Waals surface area (Å²) in [5.41, 5.74) is 7.54. The maximum absolute atomic E-state index is 7.89. The van der Waals surface area contributed by atoms with E-state index in [-0.39, 0.29) is 0 Å². The smallest absolute Gasteiger partial charge is 0.114 e. The standard InChI is InChI=1S/C15H20BN5.C12H23N.C3H6/c1-5-15(21-20-10(2)3)12-7-6-11(8-13(12)16)14(17)9-19-18-4;1-11-4-3-5-12(10-11)6-8-13(2)9-7-12;1-3-2/h6-9,17-18H,5H2,1-4H3;11H,3-10H2,1-2H3;3H,1H2,2H3/b17-14?,19-9-,21-15+;;. The number of nitrogens with one attached hydrogen (secondary N) is 2. The highest BCUT2D eigenvalue weighted by Gasteiger charge is 2.36. The summed E-state index contributed by atoms with van der Waals surface area (Å²) in [6, 6.07) is 5.46. The Bertz CT molecular complexity index is 937. The summed E-state index contributed by atoms with van der Waals surface area (Å²) in [4.78, 5) is 2.49. The largest absolute Gasteiger partial charge is 0.313 e. The molecule has 1 saturated carbocycles. The predicted molar refractivity (Wildman–Crippen MR) is 164 cm³/mol. The molecule has 202 valence electrons. The monoisotopic (exact) mass is 504 g/mol. The lowest BCUT2D eigenvalue weighted by atomic mass is 9.65. The third-order valence-corrected chi connectivity index (χ3v) is 6.94. The molecule has 0 bridgehead atoms. The van der Waals surface area contributed by atoms with E-state index in [1.54, 1.807) is 19.2 Å². The maximum atomic E-state index is 7.89. The van der Waals surface area contributed by atoms with Crippen molar-refractivity contribution >= 4 is 36.7 Å². The second kappa shape index (κ2) is 17.1. The van der Waals surface area contributed by atoms with Gasteiger partial charge in [0.15, 0.2) is 0 Å². The number of hydrogen-bond acceptors (Lipinski definition) is 6. The zero-order chi connectivity index (χ0) is 27.8. The molecule has 2 fully saturated rings. The van der Waals surface area contributed by atoms with Crippen molar-refractivity contribution in [3.8, 4) is 0 Å². The minimum Gasteiger partial charge on any atom is -0.313 e. The van der Waals surface area contributed by atoms with Gasteiger partial charge >= 0.3 is 0 Å². The molecule has 1 saturated heterocycles. The number of piperidine rings is 1. The van der Waals surface area contributed by atoms with Crippen LogP contribution in [0.15, 0.2) is 46.2 Å². The van der Waals surface area contributed by atoms with E-state index in [2.05, 4.69) is 46.2 Å². The highest BCUT2D eigenvalue weighted by Crippen LogP contribution is 2.46. The van der Waals surface area contributed by atoms with E-state index in [0.29, 0.717) is 16.7 Å². The van der Waals surface area contributed by atoms with E-state index >= 15 is 0 Å². The van der Waals surface area contributed by atoms with Crippen molar-refractivity contribution < 1.29 is 0 Å². The van der Waals surface area contributed by atoms with Crippen LogP contribution in [-0.4, -0.2) is 63.3 Å². The molecule has 2 N–H and O–H groups in total. The van der Waals surface area contributed by atoms with E-state index in [9.17, 15) is 0 Å². The number of rotatable bonds is 6. The van der Waals surface area contributed by atoms with E-state index in [1.165, 1.54) is 57.8 Å². The number of nitrogens with zero attached hydrogens (tertiary/aromatic N) is 4. The second-order valence-corrected chi connectivity index (χ2v) is 10.6. The molecule has 1 heterocycles. The summed E-state index contributed by atoms with van der Waals surface area (Å²) in [6.45, 7) is 16.2. The summed E-state index contributed by atoms with van der Waals surface area (Å²) in [7, 11) is 10.0. The summed E-state index contributed by atoms with van der Waals surface area (Å²) in [5, 5.41) is 20.0. The Morgan fingerprint density at radius 2 is 1.89 bits per heavy atom. The van der Waals surface area contributed by atoms with E-state index in [0.717, 1.165) is 34.7 Å². The van der Waals surface area contributed by atoms with Gasteiger partial charge in [-0.15, -0.1) is 6.58 Å². The van der Waals surface area contributed by atoms with Gasteiger partial charge in [0, 0.05) is 18.3 Å². The number of likely N-dealkylation sites (tertiary alicyclic amines) is 1. The molecule has 1 aromatic rings. The molecule has 0 aromatic heterocycles. The first kappa shape index (κ1) is 32.5. The van der Waals surface area contributed by atoms with Crippen LogP contribution in [0.4, 0.5) is 0 Å². The summed E-state index contributed by atoms with van der Waals surface area (Å²) >= 11 is 0. The van der Waals surface area contributed by atoms with Crippen molar-refractivity contribution in [3.63, 3.8) is 0 Å². The Hall–Kier alpha value is -2.54. The Morgan fingerprint density at radius 1 is 1.24 bits per heavy atom. The molecular formula is C30H49BN6. The molecule has 2 radical (unpaired) electrons. The summed E-state index contributed by atoms with van der Waals surface area (Å²) in [6.07, 6.45) is 12.9. The first-order chi connectivity index (χ1) is 17.6. The van der Waals surface area contributed by atoms with Gasteiger partial charge < -0.3 is 10.3 Å². The number of hydrogen-bond donors (Lipinski definition) is 2. The average molecular weight is 505 g/mol. The topological polar surface area (TPSA) is 76.2 Å². The van der Waals surface area contributed by atoms with Crippen LogP contribution in [0.1, 0.15) is 90.7 Å². The molecule has 1 aromatic carbocycles. The van der Waals surface area contributed by atoms with Crippen LogP contribution in [-0.2, 0) is 0 Å². The van der Waals surface area contributed by atoms with Gasteiger partial charge in [0.25, 0.3) is 0 Å². The van der Waals surface area contributed by atoms with Crippen molar-refractivity contribution in [2.75, 3.05) is 27.2 Å². The Labute approximate surface area is 227 Å². The minimum atomic E-state index is 0.292. The normalized spacial score (nSPS) is 19.2. The molecular weight excluding hydrogens is 455 g/mol. The van der Waals surface area contributed by atoms with E-state index in [4.69, 9.17) is 13.3 Å². The van der Waals surface area contributed by atoms with Gasteiger partial charge in [0.05, 0.1) is 17.6 Å². The molecule has 1 aliphatic heterocycles. The average Bonchev–Trinajstić information content (AvgIpc) is 2.86. The highest BCUT2D eigenvalue weighted by atomic mass is 15.3. The number of benzene rings is 1. The Kier molecular flexibility index (Phi) is 15.0. The number of hydrazone groups is 1. The molecule has 2 aliphatic rings. The van der Waals surface area contributed by atoms with Crippen molar-refractivity contribution in [2.45, 2.75) is 79.6 Å². The summed E-state index contributed by atoms with van der Waals surface area (Å²) < 4.78 is 0. The van der Waals surface area contributed by atoms with Gasteiger partial charge in [0.2, 0.25) is 0 Å². The van der Waals surface area contributed by atoms with Gasteiger partial charge in [-0.2, -0.15) is 15.3 Å². The summed E-state index contributed by atoms with van der Waals surface area (Å²) in [5.74, 6) is 0.997. The first-order valence-electron chi connectivity index (χ1n) is 13.6. The van der Waals surface area contributed by atoms with Crippen molar-refractivity contribution in [1.29, 1.82) is 5.41 Å². The highest BCUT2D eigenvalue weighted by molar-refractivity contribution is 6.40. The molecule has 6 nitrogen and oxygen atoms in total. The zero-order valence-corrected chi connectivity index (χ0v) is 24.4. The maximum Gasteiger partial charge on any atom is 0.114 e. The Balaban J connectivity index is 0.000000362. The van der Waals surface area contributed by atoms with Crippen LogP contribution in [0.25, 0.3) is 0 Å². The fraction of sp³-hybridized carbons (Fsp3) is 0.600. The third kappa shape index (κ3) is 11.6. The van der Waals surface area contributed by atoms with Crippen LogP contribution in [0, 0.1) is 16.7 Å². The van der Waals surface area contributed by atoms with Gasteiger partial charge in [-0.3, -0.25) is 5.41 Å². The lowest BCUT2D eigenvalue weighted by molar-refractivity contribution is 0.0594. The lowest BCUT2D eigenvalue weighted by Crippen LogP contribution is -2.40. The quantitative estimate of drug-likeness (QED) is 0.224. The van der Waals surface area contributed by atoms with Crippen LogP contribution in [0.2, 0.25) is 0 Å². The van der Waals surface area contributed by atoms with Crippen molar-refractivity contribution in [2.24, 2.45) is 26.6 Å². The fourth-order valence-corrected chi connectivity index (χ4v) is 4.99. The van der Waals surface area contributed by atoms with Crippen molar-refractivity contribution in [3.05, 3.63) is 42.0 Å². The SMILES string of the molecule is C=CC.CC1CCCC2(CCN(C)CC2)C1.[B]c1cc(C(=N)/C=N\NC)ccc1/C(CC)=N/N=C(C)C. The van der Waals surface area contributed by atoms with E-state index in [1.807, 2.05) is 39.8 Å². The molecule has 0 amide bonds. The van der Waals surface area contributed by atoms with E-state index < -0.39 is 0 Å². The van der Waals surface area contributed by atoms with Crippen molar-refractivity contribution in [1.82, 2.24) is 10.3 Å². The minimum absolute atomic E-state index is 0.292. The predicted octanol–water partition coefficient (Wildman–Crippen LogP) is 5.75. The molecule has 1 atom stereocenters. The first-order valence-corrected chi connectivity index (χ1v) is 13.6. The van der Waals surface area contributed by atoms with Crippen LogP contribution in [0.5, 0.6) is 0 Å². The van der Waals surface area contributed by atoms with Gasteiger partial charge in [-0.25, -0.2) is 0 Å². The van der Waals surface area contributed by atoms with Crippen LogP contribution < -0.4 is 10.9 Å². The molecule has 1 aliphatic carbocycles. The van der Waals surface area contributed by atoms with Gasteiger partial charge in [-0.05, 0) is 89.9 Å². The van der Waals surface area contributed by atoms with Gasteiger partial charge in [-0.1, -0.05) is 56.4 Å². The fourth-order valence-electron chi connectivity index (χ4n) is 4.99. The molecule has 1 spiro atoms. The third-order valence-electron chi connectivity index (χ3n) is 6.94.